The lowest BCUT2D eigenvalue weighted by Crippen LogP contribution is -2.29. The van der Waals surface area contributed by atoms with Crippen molar-refractivity contribution < 1.29 is 0 Å². The van der Waals surface area contributed by atoms with Gasteiger partial charge in [-0.25, -0.2) is 0 Å². The Morgan fingerprint density at radius 1 is 1.31 bits per heavy atom. The number of hydrogen-bond donors (Lipinski definition) is 1. The average molecular weight is 182 g/mol. The van der Waals surface area contributed by atoms with Gasteiger partial charge < -0.3 is 10.2 Å². The van der Waals surface area contributed by atoms with E-state index < -0.39 is 0 Å². The zero-order valence-electron chi connectivity index (χ0n) is 8.92. The van der Waals surface area contributed by atoms with Crippen molar-refractivity contribution in [3.05, 3.63) is 0 Å². The molecule has 13 heavy (non-hydrogen) atoms. The summed E-state index contributed by atoms with van der Waals surface area (Å²) in [6, 6.07) is 0.878. The van der Waals surface area contributed by atoms with Gasteiger partial charge in [0.2, 0.25) is 0 Å². The Morgan fingerprint density at radius 2 is 2.08 bits per heavy atom. The predicted molar refractivity (Wildman–Crippen MR) is 55.8 cm³/mol. The summed E-state index contributed by atoms with van der Waals surface area (Å²) in [7, 11) is 0. The molecule has 2 unspecified atom stereocenters. The normalized spacial score (nSPS) is 35.5. The molecule has 76 valence electrons. The first-order valence-corrected chi connectivity index (χ1v) is 5.75. The van der Waals surface area contributed by atoms with Crippen molar-refractivity contribution >= 4 is 0 Å². The summed E-state index contributed by atoms with van der Waals surface area (Å²) in [5, 5.41) is 3.65. The Bertz CT molecular complexity index is 165. The largest absolute Gasteiger partial charge is 0.314 e. The molecule has 1 heterocycles. The molecule has 1 saturated carbocycles. The Labute approximate surface area is 81.7 Å². The van der Waals surface area contributed by atoms with Crippen LogP contribution in [0.4, 0.5) is 0 Å². The zero-order valence-corrected chi connectivity index (χ0v) is 8.92. The lowest BCUT2D eigenvalue weighted by atomic mass is 9.98. The lowest BCUT2D eigenvalue weighted by Gasteiger charge is -2.14. The van der Waals surface area contributed by atoms with Gasteiger partial charge in [-0.15, -0.1) is 0 Å². The van der Waals surface area contributed by atoms with Crippen molar-refractivity contribution in [2.24, 2.45) is 11.8 Å². The second kappa shape index (κ2) is 3.97. The van der Waals surface area contributed by atoms with Crippen LogP contribution in [0.25, 0.3) is 0 Å². The van der Waals surface area contributed by atoms with E-state index >= 15 is 0 Å². The molecule has 1 N–H and O–H groups in total. The van der Waals surface area contributed by atoms with E-state index in [1.165, 1.54) is 39.0 Å². The molecule has 0 aromatic heterocycles. The third-order valence-electron chi connectivity index (χ3n) is 3.54. The van der Waals surface area contributed by atoms with E-state index in [4.69, 9.17) is 0 Å². The molecule has 0 radical (unpaired) electrons. The van der Waals surface area contributed by atoms with Crippen LogP contribution in [-0.4, -0.2) is 37.1 Å². The summed E-state index contributed by atoms with van der Waals surface area (Å²) < 4.78 is 0. The Kier molecular flexibility index (Phi) is 2.89. The number of hydrogen-bond acceptors (Lipinski definition) is 2. The molecule has 0 aromatic carbocycles. The van der Waals surface area contributed by atoms with E-state index in [2.05, 4.69) is 24.1 Å². The fourth-order valence-corrected chi connectivity index (χ4v) is 2.27. The van der Waals surface area contributed by atoms with E-state index in [9.17, 15) is 0 Å². The Hall–Kier alpha value is -0.0800. The van der Waals surface area contributed by atoms with Gasteiger partial charge >= 0.3 is 0 Å². The van der Waals surface area contributed by atoms with Crippen molar-refractivity contribution in [1.29, 1.82) is 0 Å². The van der Waals surface area contributed by atoms with E-state index in [1.54, 1.807) is 0 Å². The van der Waals surface area contributed by atoms with Crippen LogP contribution in [0.3, 0.4) is 0 Å². The van der Waals surface area contributed by atoms with Crippen molar-refractivity contribution in [2.75, 3.05) is 26.2 Å². The quantitative estimate of drug-likeness (QED) is 0.705. The number of likely N-dealkylation sites (tertiary alicyclic amines) is 1. The van der Waals surface area contributed by atoms with E-state index in [-0.39, 0.29) is 0 Å². The molecule has 0 aromatic rings. The lowest BCUT2D eigenvalue weighted by molar-refractivity contribution is 0.338. The van der Waals surface area contributed by atoms with Crippen molar-refractivity contribution in [3.8, 4) is 0 Å². The Morgan fingerprint density at radius 3 is 2.62 bits per heavy atom. The molecule has 2 atom stereocenters. The minimum absolute atomic E-state index is 0.878. The molecule has 2 fully saturated rings. The summed E-state index contributed by atoms with van der Waals surface area (Å²) in [5.41, 5.74) is 0. The first kappa shape index (κ1) is 9.47. The van der Waals surface area contributed by atoms with Crippen LogP contribution in [0.15, 0.2) is 0 Å². The maximum absolute atomic E-state index is 3.65. The molecule has 2 heteroatoms. The summed E-state index contributed by atoms with van der Waals surface area (Å²) in [5.74, 6) is 1.80. The molecular weight excluding hydrogens is 160 g/mol. The van der Waals surface area contributed by atoms with Crippen LogP contribution >= 0.6 is 0 Å². The number of nitrogens with zero attached hydrogens (tertiary/aromatic N) is 1. The van der Waals surface area contributed by atoms with Gasteiger partial charge in [-0.1, -0.05) is 13.8 Å². The van der Waals surface area contributed by atoms with Gasteiger partial charge in [0, 0.05) is 19.1 Å². The summed E-state index contributed by atoms with van der Waals surface area (Å²) >= 11 is 0. The van der Waals surface area contributed by atoms with Gasteiger partial charge in [0.15, 0.2) is 0 Å². The highest BCUT2D eigenvalue weighted by Crippen LogP contribution is 2.24. The average Bonchev–Trinajstić information content (AvgIpc) is 2.88. The predicted octanol–water partition coefficient (Wildman–Crippen LogP) is 1.33. The third-order valence-corrected chi connectivity index (χ3v) is 3.54. The first-order valence-electron chi connectivity index (χ1n) is 5.75. The fourth-order valence-electron chi connectivity index (χ4n) is 2.27. The monoisotopic (exact) mass is 182 g/mol. The molecule has 0 spiro atoms. The van der Waals surface area contributed by atoms with Crippen LogP contribution in [0, 0.1) is 11.8 Å². The fraction of sp³-hybridized carbons (Fsp3) is 1.00. The van der Waals surface area contributed by atoms with Gasteiger partial charge in [-0.3, -0.25) is 0 Å². The van der Waals surface area contributed by atoms with Crippen LogP contribution in [0.1, 0.15) is 26.7 Å². The van der Waals surface area contributed by atoms with Crippen molar-refractivity contribution in [3.63, 3.8) is 0 Å². The van der Waals surface area contributed by atoms with Gasteiger partial charge in [0.25, 0.3) is 0 Å². The molecule has 2 aliphatic rings. The summed E-state index contributed by atoms with van der Waals surface area (Å²) in [6.07, 6.45) is 2.83. The van der Waals surface area contributed by atoms with Crippen LogP contribution in [0.2, 0.25) is 0 Å². The molecule has 2 nitrogen and oxygen atoms in total. The molecule has 1 aliphatic heterocycles. The van der Waals surface area contributed by atoms with Crippen LogP contribution in [0.5, 0.6) is 0 Å². The molecule has 1 aliphatic carbocycles. The maximum atomic E-state index is 3.65. The topological polar surface area (TPSA) is 15.3 Å². The van der Waals surface area contributed by atoms with Crippen LogP contribution in [-0.2, 0) is 0 Å². The van der Waals surface area contributed by atoms with Gasteiger partial charge in [0.05, 0.1) is 0 Å². The highest BCUT2D eigenvalue weighted by atomic mass is 15.2. The summed E-state index contributed by atoms with van der Waals surface area (Å²) in [4.78, 5) is 2.57. The second-order valence-corrected chi connectivity index (χ2v) is 4.77. The first-order chi connectivity index (χ1) is 6.29. The standard InChI is InChI=1S/C11H22N2/c1-3-13-7-9(2)10(8-13)6-12-11-4-5-11/h9-12H,3-8H2,1-2H3. The SMILES string of the molecule is CCN1CC(C)C(CNC2CC2)C1. The number of nitrogens with one attached hydrogen (secondary N) is 1. The Balaban J connectivity index is 1.71. The summed E-state index contributed by atoms with van der Waals surface area (Å²) in [6.45, 7) is 9.77. The third kappa shape index (κ3) is 2.44. The smallest absolute Gasteiger partial charge is 0.00683 e. The highest BCUT2D eigenvalue weighted by molar-refractivity contribution is 4.86. The molecule has 2 rings (SSSR count). The van der Waals surface area contributed by atoms with Crippen LogP contribution < -0.4 is 5.32 Å². The zero-order chi connectivity index (χ0) is 9.26. The second-order valence-electron chi connectivity index (χ2n) is 4.77. The van der Waals surface area contributed by atoms with Crippen molar-refractivity contribution in [2.45, 2.75) is 32.7 Å². The maximum Gasteiger partial charge on any atom is 0.00683 e. The van der Waals surface area contributed by atoms with Gasteiger partial charge in [-0.2, -0.15) is 0 Å². The van der Waals surface area contributed by atoms with E-state index in [1.807, 2.05) is 0 Å². The molecule has 0 amide bonds. The van der Waals surface area contributed by atoms with Crippen molar-refractivity contribution in [1.82, 2.24) is 10.2 Å². The number of rotatable bonds is 4. The molecular formula is C11H22N2. The van der Waals surface area contributed by atoms with E-state index in [0.717, 1.165) is 17.9 Å². The molecule has 1 saturated heterocycles. The molecule has 0 bridgehead atoms. The van der Waals surface area contributed by atoms with Gasteiger partial charge in [0.1, 0.15) is 0 Å². The van der Waals surface area contributed by atoms with Gasteiger partial charge in [-0.05, 0) is 37.8 Å². The minimum atomic E-state index is 0.878. The van der Waals surface area contributed by atoms with E-state index in [0.29, 0.717) is 0 Å². The highest BCUT2D eigenvalue weighted by Gasteiger charge is 2.30. The minimum Gasteiger partial charge on any atom is -0.314 e.